The highest BCUT2D eigenvalue weighted by Gasteiger charge is 2.22. The van der Waals surface area contributed by atoms with Crippen LogP contribution in [0.4, 0.5) is 0 Å². The van der Waals surface area contributed by atoms with Crippen molar-refractivity contribution in [2.45, 2.75) is 22.6 Å². The molecule has 6 heteroatoms. The van der Waals surface area contributed by atoms with Crippen LogP contribution in [0.1, 0.15) is 17.0 Å². The van der Waals surface area contributed by atoms with Gasteiger partial charge in [-0.2, -0.15) is 4.37 Å². The number of hydrogen-bond donors (Lipinski definition) is 0. The molecule has 0 atom stereocenters. The van der Waals surface area contributed by atoms with E-state index >= 15 is 0 Å². The summed E-state index contributed by atoms with van der Waals surface area (Å²) in [6.07, 6.45) is 0.529. The minimum Gasteiger partial charge on any atom is -0.216 e. The average molecular weight is 330 g/mol. The Morgan fingerprint density at radius 3 is 2.36 bits per heavy atom. The maximum Gasteiger partial charge on any atom is 0.235 e. The van der Waals surface area contributed by atoms with Gasteiger partial charge in [0.1, 0.15) is 5.82 Å². The van der Waals surface area contributed by atoms with Gasteiger partial charge in [-0.05, 0) is 36.2 Å². The molecule has 0 saturated carbocycles. The summed E-state index contributed by atoms with van der Waals surface area (Å²) in [5, 5.41) is 0. The molecule has 112 valence electrons. The van der Waals surface area contributed by atoms with E-state index in [9.17, 15) is 8.42 Å². The number of hydrogen-bond acceptors (Lipinski definition) is 5. The number of sulfone groups is 1. The summed E-state index contributed by atoms with van der Waals surface area (Å²) in [6, 6.07) is 16.5. The molecule has 0 spiro atoms. The van der Waals surface area contributed by atoms with E-state index in [0.29, 0.717) is 12.2 Å². The van der Waals surface area contributed by atoms with Crippen molar-refractivity contribution in [1.82, 2.24) is 9.36 Å². The van der Waals surface area contributed by atoms with Crippen molar-refractivity contribution in [3.05, 3.63) is 71.5 Å². The summed E-state index contributed by atoms with van der Waals surface area (Å²) in [5.41, 5.74) is 2.07. The van der Waals surface area contributed by atoms with Gasteiger partial charge in [-0.15, -0.1) is 0 Å². The normalized spacial score (nSPS) is 11.5. The quantitative estimate of drug-likeness (QED) is 0.736. The molecule has 0 fully saturated rings. The Hall–Kier alpha value is -2.05. The van der Waals surface area contributed by atoms with Gasteiger partial charge in [0.2, 0.25) is 14.2 Å². The van der Waals surface area contributed by atoms with Crippen molar-refractivity contribution in [3.8, 4) is 0 Å². The first-order valence-electron chi connectivity index (χ1n) is 6.74. The maximum absolute atomic E-state index is 12.5. The molecule has 0 aliphatic carbocycles. The Kier molecular flexibility index (Phi) is 4.04. The summed E-state index contributed by atoms with van der Waals surface area (Å²) in [7, 11) is -3.58. The predicted octanol–water partition coefficient (Wildman–Crippen LogP) is 3.27. The minimum atomic E-state index is -3.58. The molecule has 0 saturated heterocycles. The molecule has 1 heterocycles. The fourth-order valence-electron chi connectivity index (χ4n) is 2.02. The van der Waals surface area contributed by atoms with Crippen molar-refractivity contribution >= 4 is 21.4 Å². The monoisotopic (exact) mass is 330 g/mol. The number of rotatable bonds is 4. The molecule has 2 aromatic carbocycles. The van der Waals surface area contributed by atoms with Gasteiger partial charge in [0, 0.05) is 6.42 Å². The predicted molar refractivity (Wildman–Crippen MR) is 85.8 cm³/mol. The van der Waals surface area contributed by atoms with Gasteiger partial charge in [0.15, 0.2) is 0 Å². The molecule has 0 aliphatic heterocycles. The van der Waals surface area contributed by atoms with Crippen molar-refractivity contribution in [2.24, 2.45) is 0 Å². The van der Waals surface area contributed by atoms with E-state index in [0.717, 1.165) is 22.7 Å². The van der Waals surface area contributed by atoms with Crippen LogP contribution in [0, 0.1) is 6.92 Å². The fraction of sp³-hybridized carbons (Fsp3) is 0.125. The number of aromatic nitrogens is 2. The SMILES string of the molecule is Cc1ccc(S(=O)(=O)c2nc(Cc3ccccc3)ns2)cc1. The third-order valence-corrected chi connectivity index (χ3v) is 6.09. The van der Waals surface area contributed by atoms with Crippen LogP contribution in [-0.2, 0) is 16.3 Å². The molecular weight excluding hydrogens is 316 g/mol. The summed E-state index contributed by atoms with van der Waals surface area (Å²) in [5.74, 6) is 0.530. The first-order chi connectivity index (χ1) is 10.6. The molecule has 0 radical (unpaired) electrons. The van der Waals surface area contributed by atoms with Gasteiger partial charge in [-0.1, -0.05) is 48.0 Å². The number of benzene rings is 2. The van der Waals surface area contributed by atoms with E-state index in [1.807, 2.05) is 37.3 Å². The molecule has 0 aliphatic rings. The van der Waals surface area contributed by atoms with E-state index in [1.165, 1.54) is 0 Å². The van der Waals surface area contributed by atoms with Crippen LogP contribution in [0.5, 0.6) is 0 Å². The van der Waals surface area contributed by atoms with Crippen LogP contribution in [0.3, 0.4) is 0 Å². The zero-order valence-electron chi connectivity index (χ0n) is 11.9. The Bertz CT molecular complexity index is 870. The fourth-order valence-corrected chi connectivity index (χ4v) is 4.17. The molecule has 1 aromatic heterocycles. The zero-order valence-corrected chi connectivity index (χ0v) is 13.6. The average Bonchev–Trinajstić information content (AvgIpc) is 2.98. The second kappa shape index (κ2) is 5.98. The maximum atomic E-state index is 12.5. The lowest BCUT2D eigenvalue weighted by molar-refractivity contribution is 0.595. The van der Waals surface area contributed by atoms with Gasteiger partial charge in [-0.3, -0.25) is 0 Å². The van der Waals surface area contributed by atoms with Crippen molar-refractivity contribution in [3.63, 3.8) is 0 Å². The Morgan fingerprint density at radius 2 is 1.68 bits per heavy atom. The highest BCUT2D eigenvalue weighted by Crippen LogP contribution is 2.23. The standard InChI is InChI=1S/C16H14N2O2S2/c1-12-7-9-14(10-8-12)22(19,20)16-17-15(18-21-16)11-13-5-3-2-4-6-13/h2-10H,11H2,1H3. The van der Waals surface area contributed by atoms with Crippen LogP contribution in [0.15, 0.2) is 63.8 Å². The van der Waals surface area contributed by atoms with Gasteiger partial charge in [0.25, 0.3) is 0 Å². The van der Waals surface area contributed by atoms with Crippen LogP contribution in [0.25, 0.3) is 0 Å². The van der Waals surface area contributed by atoms with E-state index in [1.54, 1.807) is 24.3 Å². The number of nitrogens with zero attached hydrogens (tertiary/aromatic N) is 2. The zero-order chi connectivity index (χ0) is 15.6. The van der Waals surface area contributed by atoms with Gasteiger partial charge in [-0.25, -0.2) is 13.4 Å². The lowest BCUT2D eigenvalue weighted by Gasteiger charge is -2.00. The Morgan fingerprint density at radius 1 is 1.00 bits per heavy atom. The largest absolute Gasteiger partial charge is 0.235 e. The van der Waals surface area contributed by atoms with Gasteiger partial charge < -0.3 is 0 Å². The van der Waals surface area contributed by atoms with E-state index in [4.69, 9.17) is 0 Å². The van der Waals surface area contributed by atoms with Crippen LogP contribution < -0.4 is 0 Å². The molecule has 3 rings (SSSR count). The van der Waals surface area contributed by atoms with E-state index in [-0.39, 0.29) is 9.24 Å². The molecule has 0 unspecified atom stereocenters. The highest BCUT2D eigenvalue weighted by molar-refractivity contribution is 7.93. The molecule has 4 nitrogen and oxygen atoms in total. The highest BCUT2D eigenvalue weighted by atomic mass is 32.2. The summed E-state index contributed by atoms with van der Waals surface area (Å²) in [4.78, 5) is 4.45. The van der Waals surface area contributed by atoms with E-state index < -0.39 is 9.84 Å². The van der Waals surface area contributed by atoms with Crippen molar-refractivity contribution < 1.29 is 8.42 Å². The molecule has 3 aromatic rings. The number of aryl methyl sites for hydroxylation is 1. The summed E-state index contributed by atoms with van der Waals surface area (Å²) >= 11 is 0.926. The molecule has 22 heavy (non-hydrogen) atoms. The second-order valence-corrected chi connectivity index (χ2v) is 7.83. The second-order valence-electron chi connectivity index (χ2n) is 4.96. The third kappa shape index (κ3) is 3.08. The van der Waals surface area contributed by atoms with Crippen molar-refractivity contribution in [2.75, 3.05) is 0 Å². The minimum absolute atomic E-state index is 0.0438. The molecule has 0 N–H and O–H groups in total. The van der Waals surface area contributed by atoms with Crippen LogP contribution in [-0.4, -0.2) is 17.8 Å². The first kappa shape index (κ1) is 14.9. The van der Waals surface area contributed by atoms with Crippen LogP contribution >= 0.6 is 11.5 Å². The van der Waals surface area contributed by atoms with E-state index in [2.05, 4.69) is 9.36 Å². The topological polar surface area (TPSA) is 59.9 Å². The molecule has 0 bridgehead atoms. The third-order valence-electron chi connectivity index (χ3n) is 3.22. The summed E-state index contributed by atoms with van der Waals surface area (Å²) < 4.78 is 29.3. The Balaban J connectivity index is 1.88. The smallest absolute Gasteiger partial charge is 0.216 e. The van der Waals surface area contributed by atoms with Crippen LogP contribution in [0.2, 0.25) is 0 Å². The Labute approximate surface area is 133 Å². The van der Waals surface area contributed by atoms with Gasteiger partial charge in [0.05, 0.1) is 4.90 Å². The molecular formula is C16H14N2O2S2. The molecule has 0 amide bonds. The lowest BCUT2D eigenvalue weighted by atomic mass is 10.1. The first-order valence-corrected chi connectivity index (χ1v) is 8.99. The van der Waals surface area contributed by atoms with Gasteiger partial charge >= 0.3 is 0 Å². The van der Waals surface area contributed by atoms with Crippen molar-refractivity contribution in [1.29, 1.82) is 0 Å². The lowest BCUT2D eigenvalue weighted by Crippen LogP contribution is -2.02. The summed E-state index contributed by atoms with van der Waals surface area (Å²) in [6.45, 7) is 1.92.